The molecule has 94 valence electrons. The summed E-state index contributed by atoms with van der Waals surface area (Å²) in [5.41, 5.74) is 5.19. The number of nitrogens with zero attached hydrogens (tertiary/aromatic N) is 1. The minimum atomic E-state index is -1.10. The van der Waals surface area contributed by atoms with Crippen molar-refractivity contribution in [3.8, 4) is 0 Å². The monoisotopic (exact) mass is 308 g/mol. The molecule has 2 N–H and O–H groups in total. The molecule has 1 aromatic rings. The average molecular weight is 309 g/mol. The number of aromatic nitrogens is 1. The van der Waals surface area contributed by atoms with E-state index in [0.29, 0.717) is 0 Å². The maximum atomic E-state index is 13.5. The highest BCUT2D eigenvalue weighted by atomic mass is 79.9. The number of hydrogen-bond donors (Lipinski definition) is 1. The fourth-order valence-electron chi connectivity index (χ4n) is 1.22. The first-order chi connectivity index (χ1) is 7.97. The molecule has 1 rings (SSSR count). The first-order valence-corrected chi connectivity index (χ1v) is 5.67. The van der Waals surface area contributed by atoms with Crippen molar-refractivity contribution < 1.29 is 18.3 Å². The van der Waals surface area contributed by atoms with Crippen molar-refractivity contribution in [3.63, 3.8) is 0 Å². The Morgan fingerprint density at radius 1 is 1.65 bits per heavy atom. The maximum Gasteiger partial charge on any atom is 0.323 e. The molecule has 0 radical (unpaired) electrons. The average Bonchev–Trinajstić information content (AvgIpc) is 2.29. The van der Waals surface area contributed by atoms with Gasteiger partial charge in [-0.25, -0.2) is 13.8 Å². The molecule has 0 spiro atoms. The van der Waals surface area contributed by atoms with Crippen LogP contribution in [0.4, 0.5) is 8.78 Å². The third kappa shape index (κ3) is 3.44. The zero-order valence-electron chi connectivity index (χ0n) is 9.04. The number of rotatable bonds is 4. The van der Waals surface area contributed by atoms with Gasteiger partial charge in [0, 0.05) is 12.0 Å². The van der Waals surface area contributed by atoms with E-state index in [2.05, 4.69) is 25.7 Å². The topological polar surface area (TPSA) is 65.2 Å². The zero-order chi connectivity index (χ0) is 13.0. The Kier molecular flexibility index (Phi) is 4.95. The van der Waals surface area contributed by atoms with Gasteiger partial charge in [0.25, 0.3) is 0 Å². The van der Waals surface area contributed by atoms with Crippen LogP contribution in [0.5, 0.6) is 0 Å². The van der Waals surface area contributed by atoms with Crippen molar-refractivity contribution in [2.45, 2.75) is 19.4 Å². The molecular formula is C10H11BrF2N2O2. The molecule has 7 heteroatoms. The van der Waals surface area contributed by atoms with Gasteiger partial charge in [-0.2, -0.15) is 0 Å². The van der Waals surface area contributed by atoms with Crippen LogP contribution in [0.3, 0.4) is 0 Å². The number of pyridine rings is 1. The molecule has 1 aromatic heterocycles. The van der Waals surface area contributed by atoms with E-state index in [0.717, 1.165) is 6.20 Å². The van der Waals surface area contributed by atoms with E-state index >= 15 is 0 Å². The summed E-state index contributed by atoms with van der Waals surface area (Å²) in [6, 6.07) is -1.10. The molecule has 17 heavy (non-hydrogen) atoms. The first-order valence-electron chi connectivity index (χ1n) is 4.88. The van der Waals surface area contributed by atoms with Gasteiger partial charge in [-0.1, -0.05) is 0 Å². The highest BCUT2D eigenvalue weighted by Gasteiger charge is 2.21. The number of ether oxygens (including phenoxy) is 1. The van der Waals surface area contributed by atoms with E-state index in [1.54, 1.807) is 6.92 Å². The SMILES string of the molecule is CCOC(=O)C(N)Cc1c(F)cnc(Br)c1F. The molecule has 4 nitrogen and oxygen atoms in total. The van der Waals surface area contributed by atoms with E-state index in [9.17, 15) is 13.6 Å². The number of carbonyl (C=O) groups is 1. The largest absolute Gasteiger partial charge is 0.465 e. The summed E-state index contributed by atoms with van der Waals surface area (Å²) in [4.78, 5) is 14.7. The Bertz CT molecular complexity index is 429. The summed E-state index contributed by atoms with van der Waals surface area (Å²) >= 11 is 2.83. The van der Waals surface area contributed by atoms with E-state index in [1.807, 2.05) is 0 Å². The Morgan fingerprint density at radius 3 is 2.88 bits per heavy atom. The molecule has 1 atom stereocenters. The van der Waals surface area contributed by atoms with Crippen LogP contribution in [0.25, 0.3) is 0 Å². The summed E-state index contributed by atoms with van der Waals surface area (Å²) in [5, 5.41) is 0. The highest BCUT2D eigenvalue weighted by molar-refractivity contribution is 9.10. The van der Waals surface area contributed by atoms with Crippen LogP contribution >= 0.6 is 15.9 Å². The molecule has 0 aliphatic heterocycles. The molecule has 0 fully saturated rings. The van der Waals surface area contributed by atoms with Gasteiger partial charge in [-0.15, -0.1) is 0 Å². The van der Waals surface area contributed by atoms with Gasteiger partial charge >= 0.3 is 5.97 Å². The summed E-state index contributed by atoms with van der Waals surface area (Å²) in [6.45, 7) is 1.78. The molecule has 1 heterocycles. The third-order valence-electron chi connectivity index (χ3n) is 2.04. The van der Waals surface area contributed by atoms with Crippen LogP contribution in [-0.2, 0) is 16.0 Å². The lowest BCUT2D eigenvalue weighted by Crippen LogP contribution is -2.35. The third-order valence-corrected chi connectivity index (χ3v) is 2.59. The predicted octanol–water partition coefficient (Wildman–Crippen LogP) is 1.56. The lowest BCUT2D eigenvalue weighted by atomic mass is 10.1. The zero-order valence-corrected chi connectivity index (χ0v) is 10.6. The predicted molar refractivity (Wildman–Crippen MR) is 60.2 cm³/mol. The second kappa shape index (κ2) is 6.02. The number of esters is 1. The quantitative estimate of drug-likeness (QED) is 0.677. The standard InChI is InChI=1S/C10H11BrF2N2O2/c1-2-17-10(16)7(14)3-5-6(12)4-15-9(11)8(5)13/h4,7H,2-3,14H2,1H3. The van der Waals surface area contributed by atoms with Crippen molar-refractivity contribution in [2.75, 3.05) is 6.61 Å². The van der Waals surface area contributed by atoms with Gasteiger partial charge in [-0.3, -0.25) is 4.79 Å². The Labute approximate surface area is 105 Å². The molecule has 0 aliphatic rings. The van der Waals surface area contributed by atoms with E-state index in [1.165, 1.54) is 0 Å². The first kappa shape index (κ1) is 14.0. The summed E-state index contributed by atoms with van der Waals surface area (Å²) in [7, 11) is 0. The highest BCUT2D eigenvalue weighted by Crippen LogP contribution is 2.20. The molecular weight excluding hydrogens is 298 g/mol. The van der Waals surface area contributed by atoms with Crippen LogP contribution < -0.4 is 5.73 Å². The molecule has 0 aliphatic carbocycles. The maximum absolute atomic E-state index is 13.5. The molecule has 0 saturated heterocycles. The van der Waals surface area contributed by atoms with Gasteiger partial charge in [0.15, 0.2) is 5.82 Å². The second-order valence-electron chi connectivity index (χ2n) is 3.25. The molecule has 0 amide bonds. The summed E-state index contributed by atoms with van der Waals surface area (Å²) in [5.74, 6) is -2.39. The van der Waals surface area contributed by atoms with Crippen molar-refractivity contribution >= 4 is 21.9 Å². The van der Waals surface area contributed by atoms with Gasteiger partial charge < -0.3 is 10.5 Å². The van der Waals surface area contributed by atoms with Gasteiger partial charge in [0.2, 0.25) is 0 Å². The number of carbonyl (C=O) groups excluding carboxylic acids is 1. The smallest absolute Gasteiger partial charge is 0.323 e. The van der Waals surface area contributed by atoms with E-state index in [4.69, 9.17) is 5.73 Å². The lowest BCUT2D eigenvalue weighted by molar-refractivity contribution is -0.144. The van der Waals surface area contributed by atoms with Crippen LogP contribution in [-0.4, -0.2) is 23.6 Å². The van der Waals surface area contributed by atoms with Gasteiger partial charge in [0.1, 0.15) is 16.5 Å². The number of halogens is 3. The normalized spacial score (nSPS) is 12.3. The Morgan fingerprint density at radius 2 is 2.29 bits per heavy atom. The fraction of sp³-hybridized carbons (Fsp3) is 0.400. The summed E-state index contributed by atoms with van der Waals surface area (Å²) < 4.78 is 31.4. The van der Waals surface area contributed by atoms with E-state index < -0.39 is 23.6 Å². The van der Waals surface area contributed by atoms with Gasteiger partial charge in [-0.05, 0) is 22.9 Å². The minimum absolute atomic E-state index is 0.120. The Hall–Kier alpha value is -1.08. The van der Waals surface area contributed by atoms with Crippen molar-refractivity contribution in [1.29, 1.82) is 0 Å². The molecule has 0 saturated carbocycles. The van der Waals surface area contributed by atoms with Crippen LogP contribution in [0.1, 0.15) is 12.5 Å². The molecule has 0 bridgehead atoms. The van der Waals surface area contributed by atoms with Crippen LogP contribution in [0, 0.1) is 11.6 Å². The molecule has 0 aromatic carbocycles. The summed E-state index contributed by atoms with van der Waals surface area (Å²) in [6.07, 6.45) is 0.581. The minimum Gasteiger partial charge on any atom is -0.465 e. The lowest BCUT2D eigenvalue weighted by Gasteiger charge is -2.11. The van der Waals surface area contributed by atoms with Crippen molar-refractivity contribution in [2.24, 2.45) is 5.73 Å². The van der Waals surface area contributed by atoms with Crippen molar-refractivity contribution in [1.82, 2.24) is 4.98 Å². The Balaban J connectivity index is 2.88. The fourth-order valence-corrected chi connectivity index (χ4v) is 1.56. The van der Waals surface area contributed by atoms with Crippen molar-refractivity contribution in [3.05, 3.63) is 28.0 Å². The van der Waals surface area contributed by atoms with E-state index in [-0.39, 0.29) is 23.2 Å². The second-order valence-corrected chi connectivity index (χ2v) is 4.00. The number of nitrogens with two attached hydrogens (primary N) is 1. The number of hydrogen-bond acceptors (Lipinski definition) is 4. The van der Waals surface area contributed by atoms with Crippen LogP contribution in [0.2, 0.25) is 0 Å². The van der Waals surface area contributed by atoms with Gasteiger partial charge in [0.05, 0.1) is 12.8 Å². The van der Waals surface area contributed by atoms with Crippen LogP contribution in [0.15, 0.2) is 10.8 Å². The molecule has 1 unspecified atom stereocenters.